The Morgan fingerprint density at radius 1 is 1.61 bits per heavy atom. The van der Waals surface area contributed by atoms with Crippen LogP contribution in [0.15, 0.2) is 17.3 Å². The Morgan fingerprint density at radius 3 is 3.00 bits per heavy atom. The number of aliphatic hydroxyl groups excluding tert-OH is 1. The minimum atomic E-state index is -1.41. The molecule has 1 amide bonds. The maximum Gasteiger partial charge on any atom is 0.339 e. The Labute approximate surface area is 133 Å². The average molecular weight is 320 g/mol. The van der Waals surface area contributed by atoms with E-state index in [1.807, 2.05) is 12.2 Å². The van der Waals surface area contributed by atoms with Gasteiger partial charge in [-0.2, -0.15) is 0 Å². The van der Waals surface area contributed by atoms with E-state index in [9.17, 15) is 14.7 Å². The first kappa shape index (κ1) is 15.8. The molecule has 0 spiro atoms. The number of esters is 1. The second-order valence-electron chi connectivity index (χ2n) is 6.56. The Kier molecular flexibility index (Phi) is 3.82. The quantitative estimate of drug-likeness (QED) is 0.259. The lowest BCUT2D eigenvalue weighted by molar-refractivity contribution is -0.238. The van der Waals surface area contributed by atoms with Crippen molar-refractivity contribution in [1.29, 1.82) is 0 Å². The van der Waals surface area contributed by atoms with E-state index in [0.717, 1.165) is 19.3 Å². The van der Waals surface area contributed by atoms with E-state index >= 15 is 0 Å². The van der Waals surface area contributed by atoms with Crippen molar-refractivity contribution >= 4 is 11.9 Å². The molecule has 1 aliphatic carbocycles. The molecule has 0 aromatic heterocycles. The summed E-state index contributed by atoms with van der Waals surface area (Å²) in [6, 6.07) is 0. The first-order valence-corrected chi connectivity index (χ1v) is 7.88. The molecule has 3 aliphatic rings. The van der Waals surface area contributed by atoms with Crippen LogP contribution >= 0.6 is 0 Å². The third kappa shape index (κ3) is 2.05. The summed E-state index contributed by atoms with van der Waals surface area (Å²) < 4.78 is 5.34. The van der Waals surface area contributed by atoms with Crippen LogP contribution < -0.4 is 5.32 Å². The fourth-order valence-electron chi connectivity index (χ4n) is 4.11. The van der Waals surface area contributed by atoms with Gasteiger partial charge in [0.15, 0.2) is 5.60 Å². The molecule has 0 aromatic rings. The van der Waals surface area contributed by atoms with Crippen molar-refractivity contribution < 1.29 is 19.4 Å². The van der Waals surface area contributed by atoms with Crippen LogP contribution in [0.3, 0.4) is 0 Å². The normalized spacial score (nSPS) is 39.6. The number of allylic oxidation sites excluding steroid dienone is 1. The standard InChI is InChI=1S/C15H20N4O4/c1-14-10(7-8-17-19-16)12(21)18-15(14,13(22)23-14)11(20)9-5-3-2-4-6-9/h3,5,9-11,20H,2,4,6-8H2,1H3,(H,18,21)/t9-,10+,11+,14+,15+/m1/s1. The molecule has 3 rings (SSSR count). The molecular formula is C15H20N4O4. The molecule has 0 bridgehead atoms. The number of hydrogen-bond donors (Lipinski definition) is 2. The second kappa shape index (κ2) is 5.54. The first-order chi connectivity index (χ1) is 11.0. The zero-order valence-corrected chi connectivity index (χ0v) is 12.9. The zero-order valence-electron chi connectivity index (χ0n) is 12.9. The summed E-state index contributed by atoms with van der Waals surface area (Å²) in [6.07, 6.45) is 5.81. The smallest absolute Gasteiger partial charge is 0.339 e. The number of ether oxygens (including phenoxy) is 1. The van der Waals surface area contributed by atoms with Crippen molar-refractivity contribution in [3.05, 3.63) is 22.6 Å². The van der Waals surface area contributed by atoms with Crippen LogP contribution in [-0.2, 0) is 14.3 Å². The Bertz CT molecular complexity index is 615. The molecule has 2 saturated heterocycles. The number of azide groups is 1. The second-order valence-corrected chi connectivity index (χ2v) is 6.56. The molecule has 124 valence electrons. The maximum absolute atomic E-state index is 12.4. The molecule has 2 aliphatic heterocycles. The molecule has 0 saturated carbocycles. The van der Waals surface area contributed by atoms with Gasteiger partial charge in [0, 0.05) is 17.4 Å². The molecule has 8 heteroatoms. The minimum absolute atomic E-state index is 0.136. The number of carbonyl (C=O) groups is 2. The van der Waals surface area contributed by atoms with Crippen molar-refractivity contribution in [1.82, 2.24) is 5.32 Å². The van der Waals surface area contributed by atoms with Gasteiger partial charge in [0.1, 0.15) is 0 Å². The summed E-state index contributed by atoms with van der Waals surface area (Å²) >= 11 is 0. The molecule has 8 nitrogen and oxygen atoms in total. The highest BCUT2D eigenvalue weighted by atomic mass is 16.6. The highest BCUT2D eigenvalue weighted by Gasteiger charge is 2.79. The van der Waals surface area contributed by atoms with Crippen LogP contribution in [-0.4, -0.2) is 40.8 Å². The van der Waals surface area contributed by atoms with Gasteiger partial charge in [0.25, 0.3) is 0 Å². The highest BCUT2D eigenvalue weighted by molar-refractivity contribution is 6.01. The number of nitrogens with zero attached hydrogens (tertiary/aromatic N) is 3. The van der Waals surface area contributed by atoms with E-state index in [1.165, 1.54) is 0 Å². The van der Waals surface area contributed by atoms with E-state index in [-0.39, 0.29) is 24.8 Å². The van der Waals surface area contributed by atoms with Crippen LogP contribution in [0.5, 0.6) is 0 Å². The molecule has 2 fully saturated rings. The molecule has 2 heterocycles. The SMILES string of the molecule is C[C@@]12OC(=O)[C@]1([C@@H](O)[C@@H]1C=CCCC1)NC(=O)[C@@H]2CCN=[N+]=[N-]. The summed E-state index contributed by atoms with van der Waals surface area (Å²) in [5.41, 5.74) is 5.86. The third-order valence-electron chi connectivity index (χ3n) is 5.43. The molecule has 23 heavy (non-hydrogen) atoms. The average Bonchev–Trinajstić information content (AvgIpc) is 2.72. The lowest BCUT2D eigenvalue weighted by Crippen LogP contribution is -2.80. The van der Waals surface area contributed by atoms with Gasteiger partial charge in [0.2, 0.25) is 11.4 Å². The topological polar surface area (TPSA) is 124 Å². The van der Waals surface area contributed by atoms with Crippen molar-refractivity contribution in [3.8, 4) is 0 Å². The van der Waals surface area contributed by atoms with E-state index in [2.05, 4.69) is 15.3 Å². The Hall–Kier alpha value is -2.05. The van der Waals surface area contributed by atoms with Gasteiger partial charge in [0.05, 0.1) is 12.0 Å². The van der Waals surface area contributed by atoms with E-state index in [0.29, 0.717) is 0 Å². The van der Waals surface area contributed by atoms with Crippen LogP contribution in [0.25, 0.3) is 10.4 Å². The van der Waals surface area contributed by atoms with E-state index < -0.39 is 29.1 Å². The summed E-state index contributed by atoms with van der Waals surface area (Å²) in [6.45, 7) is 1.81. The number of amides is 1. The monoisotopic (exact) mass is 320 g/mol. The molecule has 0 unspecified atom stereocenters. The van der Waals surface area contributed by atoms with Crippen LogP contribution in [0.2, 0.25) is 0 Å². The number of carbonyl (C=O) groups excluding carboxylic acids is 2. The van der Waals surface area contributed by atoms with Gasteiger partial charge in [-0.15, -0.1) is 0 Å². The lowest BCUT2D eigenvalue weighted by Gasteiger charge is -2.54. The van der Waals surface area contributed by atoms with Crippen molar-refractivity contribution in [2.24, 2.45) is 17.0 Å². The molecule has 0 radical (unpaired) electrons. The zero-order chi connectivity index (χ0) is 16.7. The predicted octanol–water partition coefficient (Wildman–Crippen LogP) is 1.20. The molecular weight excluding hydrogens is 300 g/mol. The summed E-state index contributed by atoms with van der Waals surface area (Å²) in [7, 11) is 0. The number of nitrogens with one attached hydrogen (secondary N) is 1. The van der Waals surface area contributed by atoms with Gasteiger partial charge >= 0.3 is 5.97 Å². The van der Waals surface area contributed by atoms with Crippen LogP contribution in [0.4, 0.5) is 0 Å². The lowest BCUT2D eigenvalue weighted by atomic mass is 9.64. The number of fused-ring (bicyclic) bond motifs is 1. The fourth-order valence-corrected chi connectivity index (χ4v) is 4.11. The van der Waals surface area contributed by atoms with Crippen molar-refractivity contribution in [2.75, 3.05) is 6.54 Å². The van der Waals surface area contributed by atoms with Gasteiger partial charge < -0.3 is 15.2 Å². The van der Waals surface area contributed by atoms with Gasteiger partial charge in [-0.3, -0.25) is 4.79 Å². The van der Waals surface area contributed by atoms with Crippen LogP contribution in [0, 0.1) is 11.8 Å². The fraction of sp³-hybridized carbons (Fsp3) is 0.733. The summed E-state index contributed by atoms with van der Waals surface area (Å²) in [5, 5.41) is 17.0. The number of aliphatic hydroxyl groups is 1. The first-order valence-electron chi connectivity index (χ1n) is 7.88. The Balaban J connectivity index is 1.89. The highest BCUT2D eigenvalue weighted by Crippen LogP contribution is 2.53. The third-order valence-corrected chi connectivity index (χ3v) is 5.43. The molecule has 2 N–H and O–H groups in total. The Morgan fingerprint density at radius 2 is 2.39 bits per heavy atom. The van der Waals surface area contributed by atoms with E-state index in [1.54, 1.807) is 6.92 Å². The van der Waals surface area contributed by atoms with Crippen molar-refractivity contribution in [3.63, 3.8) is 0 Å². The minimum Gasteiger partial charge on any atom is -0.453 e. The number of hydrogen-bond acceptors (Lipinski definition) is 5. The predicted molar refractivity (Wildman–Crippen MR) is 80.0 cm³/mol. The van der Waals surface area contributed by atoms with Crippen molar-refractivity contribution in [2.45, 2.75) is 49.9 Å². The molecule has 0 aromatic carbocycles. The van der Waals surface area contributed by atoms with Crippen LogP contribution in [0.1, 0.15) is 32.6 Å². The summed E-state index contributed by atoms with van der Waals surface area (Å²) in [5.74, 6) is -1.75. The van der Waals surface area contributed by atoms with E-state index in [4.69, 9.17) is 10.3 Å². The number of rotatable bonds is 5. The van der Waals surface area contributed by atoms with Gasteiger partial charge in [-0.05, 0) is 38.1 Å². The largest absolute Gasteiger partial charge is 0.453 e. The van der Waals surface area contributed by atoms with Gasteiger partial charge in [-0.1, -0.05) is 17.3 Å². The molecule has 5 atom stereocenters. The van der Waals surface area contributed by atoms with Gasteiger partial charge in [-0.25, -0.2) is 4.79 Å². The summed E-state index contributed by atoms with van der Waals surface area (Å²) in [4.78, 5) is 27.3. The maximum atomic E-state index is 12.4.